The molecule has 1 fully saturated rings. The number of guanidine groups is 1. The Morgan fingerprint density at radius 1 is 1.07 bits per heavy atom. The quantitative estimate of drug-likeness (QED) is 0.538. The summed E-state index contributed by atoms with van der Waals surface area (Å²) in [7, 11) is 1.81. The number of hydrogen-bond donors (Lipinski definition) is 2. The molecule has 1 saturated heterocycles. The molecule has 4 rings (SSSR count). The minimum atomic E-state index is 0.219. The number of rotatable bonds is 7. The Balaban J connectivity index is 1.28. The van der Waals surface area contributed by atoms with Crippen LogP contribution in [0.2, 0.25) is 0 Å². The van der Waals surface area contributed by atoms with Gasteiger partial charge in [-0.3, -0.25) is 9.89 Å². The van der Waals surface area contributed by atoms with Crippen molar-refractivity contribution in [3.63, 3.8) is 0 Å². The molecule has 1 atom stereocenters. The summed E-state index contributed by atoms with van der Waals surface area (Å²) in [5.74, 6) is 3.48. The normalized spacial score (nSPS) is 18.1. The highest BCUT2D eigenvalue weighted by Crippen LogP contribution is 2.30. The Bertz CT molecular complexity index is 816. The van der Waals surface area contributed by atoms with Gasteiger partial charge in [-0.05, 0) is 62.2 Å². The highest BCUT2D eigenvalue weighted by Gasteiger charge is 2.24. The molecule has 3 heterocycles. The highest BCUT2D eigenvalue weighted by molar-refractivity contribution is 5.79. The second-order valence-electron chi connectivity index (χ2n) is 7.74. The molecule has 0 aliphatic carbocycles. The first-order valence-corrected chi connectivity index (χ1v) is 10.9. The van der Waals surface area contributed by atoms with E-state index in [0.717, 1.165) is 55.8 Å². The van der Waals surface area contributed by atoms with Gasteiger partial charge in [0.1, 0.15) is 19.0 Å². The van der Waals surface area contributed by atoms with Gasteiger partial charge in [0.2, 0.25) is 0 Å². The summed E-state index contributed by atoms with van der Waals surface area (Å²) < 4.78 is 17.0. The molecule has 0 saturated carbocycles. The fourth-order valence-corrected chi connectivity index (χ4v) is 4.10. The van der Waals surface area contributed by atoms with Crippen molar-refractivity contribution < 1.29 is 13.9 Å². The van der Waals surface area contributed by atoms with Crippen LogP contribution in [-0.2, 0) is 6.42 Å². The number of ether oxygens (including phenoxy) is 2. The SMILES string of the molecule is CN=C(NCCc1ccc2c(c1)OCCO2)NCC(c1ccco1)N1CCCCC1. The summed E-state index contributed by atoms with van der Waals surface area (Å²) >= 11 is 0. The van der Waals surface area contributed by atoms with Gasteiger partial charge in [0.25, 0.3) is 0 Å². The van der Waals surface area contributed by atoms with Crippen molar-refractivity contribution in [2.24, 2.45) is 4.99 Å². The Hall–Kier alpha value is -2.67. The number of aliphatic imine (C=N–C) groups is 1. The number of nitrogens with zero attached hydrogens (tertiary/aromatic N) is 2. The molecule has 7 heteroatoms. The van der Waals surface area contributed by atoms with E-state index >= 15 is 0 Å². The van der Waals surface area contributed by atoms with Crippen molar-refractivity contribution in [3.05, 3.63) is 47.9 Å². The monoisotopic (exact) mass is 412 g/mol. The van der Waals surface area contributed by atoms with Crippen LogP contribution in [0.4, 0.5) is 0 Å². The number of nitrogens with one attached hydrogen (secondary N) is 2. The lowest BCUT2D eigenvalue weighted by Gasteiger charge is -2.33. The topological polar surface area (TPSA) is 71.3 Å². The molecule has 0 radical (unpaired) electrons. The highest BCUT2D eigenvalue weighted by atomic mass is 16.6. The standard InChI is InChI=1S/C23H32N4O3/c1-24-23(25-10-9-18-7-8-21-22(16-18)30-15-14-29-21)26-17-19(20-6-5-13-28-20)27-11-3-2-4-12-27/h5-8,13,16,19H,2-4,9-12,14-15,17H2,1H3,(H2,24,25,26). The lowest BCUT2D eigenvalue weighted by Crippen LogP contribution is -2.44. The van der Waals surface area contributed by atoms with Gasteiger partial charge in [0, 0.05) is 20.1 Å². The van der Waals surface area contributed by atoms with Gasteiger partial charge >= 0.3 is 0 Å². The van der Waals surface area contributed by atoms with Crippen LogP contribution in [0.25, 0.3) is 0 Å². The number of fused-ring (bicyclic) bond motifs is 1. The predicted octanol–water partition coefficient (Wildman–Crippen LogP) is 2.99. The van der Waals surface area contributed by atoms with Gasteiger partial charge in [0.05, 0.1) is 12.3 Å². The Labute approximate surface area is 178 Å². The van der Waals surface area contributed by atoms with E-state index in [-0.39, 0.29) is 6.04 Å². The van der Waals surface area contributed by atoms with Crippen LogP contribution in [0.15, 0.2) is 46.0 Å². The minimum absolute atomic E-state index is 0.219. The third-order valence-electron chi connectivity index (χ3n) is 5.70. The summed E-state index contributed by atoms with van der Waals surface area (Å²) in [6.07, 6.45) is 6.45. The Morgan fingerprint density at radius 2 is 1.90 bits per heavy atom. The molecule has 0 amide bonds. The van der Waals surface area contributed by atoms with Crippen LogP contribution in [0.3, 0.4) is 0 Å². The molecule has 30 heavy (non-hydrogen) atoms. The predicted molar refractivity (Wildman–Crippen MR) is 117 cm³/mol. The molecule has 162 valence electrons. The lowest BCUT2D eigenvalue weighted by atomic mass is 10.1. The summed E-state index contributed by atoms with van der Waals surface area (Å²) in [5.41, 5.74) is 1.21. The largest absolute Gasteiger partial charge is 0.486 e. The van der Waals surface area contributed by atoms with Gasteiger partial charge in [-0.2, -0.15) is 0 Å². The zero-order chi connectivity index (χ0) is 20.6. The van der Waals surface area contributed by atoms with Gasteiger partial charge < -0.3 is 24.5 Å². The summed E-state index contributed by atoms with van der Waals surface area (Å²) in [4.78, 5) is 6.90. The fourth-order valence-electron chi connectivity index (χ4n) is 4.10. The number of hydrogen-bond acceptors (Lipinski definition) is 5. The van der Waals surface area contributed by atoms with E-state index in [1.54, 1.807) is 6.26 Å². The van der Waals surface area contributed by atoms with Crippen molar-refractivity contribution in [1.29, 1.82) is 0 Å². The van der Waals surface area contributed by atoms with Crippen LogP contribution in [0, 0.1) is 0 Å². The van der Waals surface area contributed by atoms with Gasteiger partial charge in [-0.1, -0.05) is 12.5 Å². The van der Waals surface area contributed by atoms with Crippen molar-refractivity contribution in [2.75, 3.05) is 46.4 Å². The third-order valence-corrected chi connectivity index (χ3v) is 5.70. The molecule has 2 aliphatic rings. The smallest absolute Gasteiger partial charge is 0.191 e. The molecule has 2 aromatic rings. The van der Waals surface area contributed by atoms with Crippen molar-refractivity contribution >= 4 is 5.96 Å². The first-order chi connectivity index (χ1) is 14.8. The van der Waals surface area contributed by atoms with E-state index in [0.29, 0.717) is 13.2 Å². The lowest BCUT2D eigenvalue weighted by molar-refractivity contribution is 0.146. The first kappa shape index (κ1) is 20.6. The molecular weight excluding hydrogens is 380 g/mol. The Kier molecular flexibility index (Phi) is 7.13. The van der Waals surface area contributed by atoms with Crippen LogP contribution in [0.1, 0.15) is 36.6 Å². The van der Waals surface area contributed by atoms with E-state index < -0.39 is 0 Å². The van der Waals surface area contributed by atoms with Gasteiger partial charge in [0.15, 0.2) is 17.5 Å². The average Bonchev–Trinajstić information content (AvgIpc) is 3.33. The van der Waals surface area contributed by atoms with Crippen LogP contribution >= 0.6 is 0 Å². The van der Waals surface area contributed by atoms with Crippen LogP contribution < -0.4 is 20.1 Å². The minimum Gasteiger partial charge on any atom is -0.486 e. The molecule has 1 aromatic heterocycles. The van der Waals surface area contributed by atoms with Crippen LogP contribution in [0.5, 0.6) is 11.5 Å². The zero-order valence-electron chi connectivity index (χ0n) is 17.7. The number of furan rings is 1. The van der Waals surface area contributed by atoms with E-state index in [9.17, 15) is 0 Å². The van der Waals surface area contributed by atoms with Crippen molar-refractivity contribution in [1.82, 2.24) is 15.5 Å². The summed E-state index contributed by atoms with van der Waals surface area (Å²) in [6, 6.07) is 10.4. The second kappa shape index (κ2) is 10.4. The first-order valence-electron chi connectivity index (χ1n) is 10.9. The third kappa shape index (κ3) is 5.27. The molecule has 0 bridgehead atoms. The summed E-state index contributed by atoms with van der Waals surface area (Å²) in [5, 5.41) is 6.90. The number of piperidine rings is 1. The number of benzene rings is 1. The van der Waals surface area contributed by atoms with Gasteiger partial charge in [-0.15, -0.1) is 0 Å². The summed E-state index contributed by atoms with van der Waals surface area (Å²) in [6.45, 7) is 5.00. The molecule has 1 aromatic carbocycles. The Morgan fingerprint density at radius 3 is 2.67 bits per heavy atom. The van der Waals surface area contributed by atoms with Gasteiger partial charge in [-0.25, -0.2) is 0 Å². The molecule has 7 nitrogen and oxygen atoms in total. The maximum Gasteiger partial charge on any atom is 0.191 e. The molecule has 0 spiro atoms. The second-order valence-corrected chi connectivity index (χ2v) is 7.74. The maximum atomic E-state index is 5.74. The van der Waals surface area contributed by atoms with E-state index in [2.05, 4.69) is 38.7 Å². The molecule has 2 aliphatic heterocycles. The zero-order valence-corrected chi connectivity index (χ0v) is 17.7. The van der Waals surface area contributed by atoms with E-state index in [1.807, 2.05) is 19.2 Å². The molecule has 2 N–H and O–H groups in total. The maximum absolute atomic E-state index is 5.74. The number of likely N-dealkylation sites (tertiary alicyclic amines) is 1. The molecular formula is C23H32N4O3. The fraction of sp³-hybridized carbons (Fsp3) is 0.522. The van der Waals surface area contributed by atoms with Crippen LogP contribution in [-0.4, -0.2) is 57.3 Å². The van der Waals surface area contributed by atoms with Crippen molar-refractivity contribution in [2.45, 2.75) is 31.7 Å². The molecule has 1 unspecified atom stereocenters. The van der Waals surface area contributed by atoms with E-state index in [4.69, 9.17) is 13.9 Å². The van der Waals surface area contributed by atoms with Crippen molar-refractivity contribution in [3.8, 4) is 11.5 Å². The van der Waals surface area contributed by atoms with E-state index in [1.165, 1.54) is 24.8 Å². The average molecular weight is 413 g/mol.